The normalized spacial score (nSPS) is 14.6. The second-order valence-electron chi connectivity index (χ2n) is 7.70. The quantitative estimate of drug-likeness (QED) is 0.200. The van der Waals surface area contributed by atoms with Gasteiger partial charge in [0.2, 0.25) is 0 Å². The van der Waals surface area contributed by atoms with Crippen molar-refractivity contribution in [3.05, 3.63) is 11.1 Å². The van der Waals surface area contributed by atoms with Crippen LogP contribution < -0.4 is 0 Å². The molecule has 0 saturated heterocycles. The number of hydrogen-bond donors (Lipinski definition) is 4. The van der Waals surface area contributed by atoms with Crippen LogP contribution in [0.4, 0.5) is 0 Å². The zero-order valence-corrected chi connectivity index (χ0v) is 20.0. The number of carbonyl (C=O) groups excluding carboxylic acids is 2. The minimum atomic E-state index is -1.34. The molecule has 0 heterocycles. The largest absolute Gasteiger partial charge is 0.481 e. The summed E-state index contributed by atoms with van der Waals surface area (Å²) in [5, 5.41) is 36.2. The molecule has 0 aromatic heterocycles. The monoisotopic (exact) mass is 502 g/mol. The second-order valence-corrected chi connectivity index (χ2v) is 7.70. The van der Waals surface area contributed by atoms with Crippen molar-refractivity contribution in [2.75, 3.05) is 13.2 Å². The number of ether oxygens (including phenoxy) is 2. The van der Waals surface area contributed by atoms with Crippen LogP contribution in [-0.2, 0) is 38.2 Å². The van der Waals surface area contributed by atoms with Crippen molar-refractivity contribution in [1.29, 1.82) is 0 Å². The fraction of sp³-hybridized carbons (Fsp3) is 0.652. The van der Waals surface area contributed by atoms with Crippen molar-refractivity contribution in [2.45, 2.75) is 71.6 Å². The van der Waals surface area contributed by atoms with Crippen LogP contribution in [-0.4, -0.2) is 69.5 Å². The van der Waals surface area contributed by atoms with Crippen molar-refractivity contribution < 1.29 is 58.7 Å². The topological polar surface area (TPSA) is 202 Å². The van der Waals surface area contributed by atoms with Gasteiger partial charge in [-0.05, 0) is 46.0 Å². The highest BCUT2D eigenvalue weighted by atomic mass is 16.5. The number of hydrogen-bond acceptors (Lipinski definition) is 8. The predicted molar refractivity (Wildman–Crippen MR) is 119 cm³/mol. The average Bonchev–Trinajstić information content (AvgIpc) is 2.76. The van der Waals surface area contributed by atoms with Crippen molar-refractivity contribution >= 4 is 35.8 Å². The van der Waals surface area contributed by atoms with Gasteiger partial charge in [0.25, 0.3) is 0 Å². The molecule has 0 radical (unpaired) electrons. The van der Waals surface area contributed by atoms with E-state index in [0.717, 1.165) is 0 Å². The molecule has 35 heavy (non-hydrogen) atoms. The molecule has 0 fully saturated rings. The molecular weight excluding hydrogens is 468 g/mol. The van der Waals surface area contributed by atoms with E-state index in [-0.39, 0.29) is 48.8 Å². The highest BCUT2D eigenvalue weighted by molar-refractivity contribution is 5.83. The summed E-state index contributed by atoms with van der Waals surface area (Å²) in [4.78, 5) is 66.0. The van der Waals surface area contributed by atoms with Crippen LogP contribution in [0.5, 0.6) is 0 Å². The summed E-state index contributed by atoms with van der Waals surface area (Å²) in [5.41, 5.74) is 0.518. The molecule has 0 spiro atoms. The predicted octanol–water partition coefficient (Wildman–Crippen LogP) is 2.49. The van der Waals surface area contributed by atoms with Gasteiger partial charge in [-0.2, -0.15) is 0 Å². The van der Waals surface area contributed by atoms with Gasteiger partial charge >= 0.3 is 35.8 Å². The number of rotatable bonds is 14. The number of aliphatic carboxylic acids is 4. The molecule has 2 unspecified atom stereocenters. The maximum absolute atomic E-state index is 11.3. The van der Waals surface area contributed by atoms with E-state index in [4.69, 9.17) is 19.7 Å². The van der Waals surface area contributed by atoms with Crippen molar-refractivity contribution in [3.63, 3.8) is 0 Å². The Hall–Kier alpha value is -3.44. The minimum Gasteiger partial charge on any atom is -0.481 e. The van der Waals surface area contributed by atoms with Crippen LogP contribution in [0, 0.1) is 11.8 Å². The first-order chi connectivity index (χ1) is 16.4. The van der Waals surface area contributed by atoms with Crippen molar-refractivity contribution in [3.8, 4) is 0 Å². The molecule has 0 aromatic rings. The minimum absolute atomic E-state index is 0.258. The van der Waals surface area contributed by atoms with Crippen LogP contribution in [0.15, 0.2) is 11.1 Å². The molecule has 0 amide bonds. The molecule has 12 heteroatoms. The van der Waals surface area contributed by atoms with Gasteiger partial charge in [-0.15, -0.1) is 0 Å². The lowest BCUT2D eigenvalue weighted by Gasteiger charge is -2.27. The van der Waals surface area contributed by atoms with E-state index < -0.39 is 48.6 Å². The summed E-state index contributed by atoms with van der Waals surface area (Å²) < 4.78 is 9.39. The van der Waals surface area contributed by atoms with Gasteiger partial charge in [-0.1, -0.05) is 11.1 Å². The molecule has 2 atom stereocenters. The molecule has 4 N–H and O–H groups in total. The van der Waals surface area contributed by atoms with Crippen LogP contribution >= 0.6 is 0 Å². The summed E-state index contributed by atoms with van der Waals surface area (Å²) in [6.07, 6.45) is 1.59. The summed E-state index contributed by atoms with van der Waals surface area (Å²) in [7, 11) is 0. The lowest BCUT2D eigenvalue weighted by atomic mass is 9.76. The van der Waals surface area contributed by atoms with Gasteiger partial charge in [0.1, 0.15) is 0 Å². The van der Waals surface area contributed by atoms with Crippen molar-refractivity contribution in [2.24, 2.45) is 11.8 Å². The lowest BCUT2D eigenvalue weighted by molar-refractivity contribution is -0.147. The molecule has 1 aliphatic carbocycles. The number of carbonyl (C=O) groups is 6. The molecule has 0 saturated carbocycles. The Morgan fingerprint density at radius 2 is 1.03 bits per heavy atom. The average molecular weight is 503 g/mol. The van der Waals surface area contributed by atoms with Crippen LogP contribution in [0.1, 0.15) is 71.6 Å². The Bertz CT molecular complexity index is 734. The summed E-state index contributed by atoms with van der Waals surface area (Å²) in [6.45, 7) is 4.28. The van der Waals surface area contributed by atoms with Crippen LogP contribution in [0.25, 0.3) is 0 Å². The molecule has 0 aromatic carbocycles. The van der Waals surface area contributed by atoms with Crippen molar-refractivity contribution in [1.82, 2.24) is 0 Å². The van der Waals surface area contributed by atoms with E-state index in [1.54, 1.807) is 13.8 Å². The molecule has 0 aliphatic heterocycles. The third-order valence-electron chi connectivity index (χ3n) is 5.12. The Morgan fingerprint density at radius 3 is 1.29 bits per heavy atom. The smallest absolute Gasteiger partial charge is 0.311 e. The Morgan fingerprint density at radius 1 is 0.686 bits per heavy atom. The molecule has 1 rings (SSSR count). The number of carboxylic acid groups (broad SMARTS) is 4. The number of carboxylic acids is 4. The molecule has 0 bridgehead atoms. The van der Waals surface area contributed by atoms with Gasteiger partial charge in [-0.3, -0.25) is 28.8 Å². The van der Waals surface area contributed by atoms with E-state index >= 15 is 0 Å². The third kappa shape index (κ3) is 13.1. The first-order valence-corrected chi connectivity index (χ1v) is 11.4. The third-order valence-corrected chi connectivity index (χ3v) is 5.12. The fourth-order valence-corrected chi connectivity index (χ4v) is 3.66. The second kappa shape index (κ2) is 17.1. The van der Waals surface area contributed by atoms with E-state index in [1.165, 1.54) is 0 Å². The van der Waals surface area contributed by atoms with Gasteiger partial charge in [0.15, 0.2) is 0 Å². The van der Waals surface area contributed by atoms with E-state index in [2.05, 4.69) is 0 Å². The van der Waals surface area contributed by atoms with Crippen LogP contribution in [0.2, 0.25) is 0 Å². The maximum atomic E-state index is 11.3. The first kappa shape index (κ1) is 31.6. The Labute approximate surface area is 202 Å². The van der Waals surface area contributed by atoms with Gasteiger partial charge < -0.3 is 29.9 Å². The first-order valence-electron chi connectivity index (χ1n) is 11.4. The van der Waals surface area contributed by atoms with Crippen LogP contribution in [0.3, 0.4) is 0 Å². The zero-order chi connectivity index (χ0) is 27.0. The molecule has 12 nitrogen and oxygen atoms in total. The summed E-state index contributed by atoms with van der Waals surface area (Å²) in [6, 6.07) is 0. The zero-order valence-electron chi connectivity index (χ0n) is 20.0. The van der Waals surface area contributed by atoms with Gasteiger partial charge in [-0.25, -0.2) is 0 Å². The highest BCUT2D eigenvalue weighted by Crippen LogP contribution is 2.37. The molecular formula is C23H34O12. The Balaban J connectivity index is 0.000000761. The van der Waals surface area contributed by atoms with Gasteiger partial charge in [0.05, 0.1) is 37.9 Å². The summed E-state index contributed by atoms with van der Waals surface area (Å²) in [5.74, 6) is -8.41. The van der Waals surface area contributed by atoms with E-state index in [9.17, 15) is 39.0 Å². The Kier molecular flexibility index (Phi) is 15.4. The summed E-state index contributed by atoms with van der Waals surface area (Å²) >= 11 is 0. The molecule has 198 valence electrons. The van der Waals surface area contributed by atoms with Gasteiger partial charge in [0, 0.05) is 12.8 Å². The number of esters is 2. The fourth-order valence-electron chi connectivity index (χ4n) is 3.66. The maximum Gasteiger partial charge on any atom is 0.311 e. The highest BCUT2D eigenvalue weighted by Gasteiger charge is 2.34. The van der Waals surface area contributed by atoms with E-state index in [1.807, 2.05) is 0 Å². The standard InChI is InChI=1S/C14H18O8.C9H16O4/c15-11(16)5-9(13(19)20)7-3-1-2-4-8(7)10(14(21)22)6-12(17)18;1-3-12-8(10)6-5-7-9(11)13-4-2/h9-10H,1-6H2,(H,15,16)(H,17,18)(H,19,20)(H,21,22);3-7H2,1-2H3. The lowest BCUT2D eigenvalue weighted by Crippen LogP contribution is -2.28. The van der Waals surface area contributed by atoms with E-state index in [0.29, 0.717) is 32.5 Å². The SMILES string of the molecule is CCOC(=O)CCCC(=O)OCC.O=C(O)CC(C(=O)O)C1=C(C(CC(=O)O)C(=O)O)CCCC1. The molecule has 1 aliphatic rings.